The molecule has 106 valence electrons. The van der Waals surface area contributed by atoms with Crippen LogP contribution in [0.25, 0.3) is 0 Å². The first-order chi connectivity index (χ1) is 9.69. The van der Waals surface area contributed by atoms with Gasteiger partial charge < -0.3 is 5.32 Å². The van der Waals surface area contributed by atoms with Gasteiger partial charge in [0.2, 0.25) is 0 Å². The second-order valence-corrected chi connectivity index (χ2v) is 6.52. The smallest absolute Gasteiger partial charge is 0.0596 e. The van der Waals surface area contributed by atoms with Crippen LogP contribution in [0.3, 0.4) is 0 Å². The van der Waals surface area contributed by atoms with E-state index in [2.05, 4.69) is 54.7 Å². The van der Waals surface area contributed by atoms with Crippen LogP contribution in [-0.4, -0.2) is 28.6 Å². The molecule has 4 heteroatoms. The molecule has 0 saturated carbocycles. The minimum absolute atomic E-state index is 0.459. The van der Waals surface area contributed by atoms with Gasteiger partial charge in [-0.3, -0.25) is 4.68 Å². The molecule has 1 aliphatic rings. The predicted molar refractivity (Wildman–Crippen MR) is 84.4 cm³/mol. The van der Waals surface area contributed by atoms with Gasteiger partial charge in [0, 0.05) is 41.8 Å². The van der Waals surface area contributed by atoms with E-state index in [-0.39, 0.29) is 0 Å². The zero-order valence-electron chi connectivity index (χ0n) is 12.3. The average Bonchev–Trinajstić information content (AvgIpc) is 3.00. The molecular formula is C16H21N3S. The standard InChI is InChI=1S/C16H21N3S/c1-11-8-12(19(3)18-11)9-15(17-2)14-10-20-16-7-5-4-6-13(14)16/h4-8,14-15,17H,9-10H2,1-3H3. The highest BCUT2D eigenvalue weighted by atomic mass is 32.2. The molecule has 1 aromatic heterocycles. The number of benzene rings is 1. The van der Waals surface area contributed by atoms with Crippen molar-refractivity contribution in [3.8, 4) is 0 Å². The first-order valence-electron chi connectivity index (χ1n) is 7.07. The van der Waals surface area contributed by atoms with Crippen molar-refractivity contribution >= 4 is 11.8 Å². The first-order valence-corrected chi connectivity index (χ1v) is 8.06. The minimum Gasteiger partial charge on any atom is -0.316 e. The lowest BCUT2D eigenvalue weighted by molar-refractivity contribution is 0.475. The maximum atomic E-state index is 4.45. The molecule has 2 unspecified atom stereocenters. The Kier molecular flexibility index (Phi) is 3.85. The number of aromatic nitrogens is 2. The molecule has 1 N–H and O–H groups in total. The number of aryl methyl sites for hydroxylation is 2. The summed E-state index contributed by atoms with van der Waals surface area (Å²) in [7, 11) is 4.10. The lowest BCUT2D eigenvalue weighted by Crippen LogP contribution is -2.35. The van der Waals surface area contributed by atoms with Gasteiger partial charge in [-0.1, -0.05) is 18.2 Å². The Hall–Kier alpha value is -1.26. The topological polar surface area (TPSA) is 29.9 Å². The molecule has 20 heavy (non-hydrogen) atoms. The zero-order valence-corrected chi connectivity index (χ0v) is 13.1. The summed E-state index contributed by atoms with van der Waals surface area (Å²) in [4.78, 5) is 1.44. The number of hydrogen-bond donors (Lipinski definition) is 1. The van der Waals surface area contributed by atoms with Gasteiger partial charge in [0.25, 0.3) is 0 Å². The normalized spacial score (nSPS) is 19.1. The first kappa shape index (κ1) is 13.7. The quantitative estimate of drug-likeness (QED) is 0.938. The van der Waals surface area contributed by atoms with Crippen molar-refractivity contribution in [1.82, 2.24) is 15.1 Å². The fraction of sp³-hybridized carbons (Fsp3) is 0.438. The number of likely N-dealkylation sites (N-methyl/N-ethyl adjacent to an activating group) is 1. The van der Waals surface area contributed by atoms with Crippen molar-refractivity contribution in [2.45, 2.75) is 30.2 Å². The van der Waals surface area contributed by atoms with Crippen LogP contribution >= 0.6 is 11.8 Å². The molecule has 0 amide bonds. The Morgan fingerprint density at radius 1 is 1.45 bits per heavy atom. The highest BCUT2D eigenvalue weighted by molar-refractivity contribution is 7.99. The van der Waals surface area contributed by atoms with E-state index in [1.54, 1.807) is 0 Å². The molecule has 3 rings (SSSR count). The molecular weight excluding hydrogens is 266 g/mol. The van der Waals surface area contributed by atoms with Crippen molar-refractivity contribution in [3.05, 3.63) is 47.3 Å². The van der Waals surface area contributed by atoms with Gasteiger partial charge in [-0.2, -0.15) is 5.10 Å². The molecule has 1 aromatic carbocycles. The SMILES string of the molecule is CNC(Cc1cc(C)nn1C)C1CSc2ccccc21. The van der Waals surface area contributed by atoms with Crippen molar-refractivity contribution < 1.29 is 0 Å². The Morgan fingerprint density at radius 2 is 2.25 bits per heavy atom. The van der Waals surface area contributed by atoms with Crippen LogP contribution in [0.1, 0.15) is 22.9 Å². The molecule has 2 atom stereocenters. The summed E-state index contributed by atoms with van der Waals surface area (Å²) in [6, 6.07) is 11.4. The molecule has 2 aromatic rings. The van der Waals surface area contributed by atoms with E-state index in [1.807, 2.05) is 23.5 Å². The summed E-state index contributed by atoms with van der Waals surface area (Å²) in [5, 5.41) is 7.97. The minimum atomic E-state index is 0.459. The third-order valence-corrected chi connectivity index (χ3v) is 5.33. The second-order valence-electron chi connectivity index (χ2n) is 5.46. The number of thioether (sulfide) groups is 1. The summed E-state index contributed by atoms with van der Waals surface area (Å²) in [5.74, 6) is 1.75. The van der Waals surface area contributed by atoms with E-state index < -0.39 is 0 Å². The van der Waals surface area contributed by atoms with E-state index in [0.717, 1.165) is 12.1 Å². The molecule has 3 nitrogen and oxygen atoms in total. The van der Waals surface area contributed by atoms with Crippen LogP contribution in [0.5, 0.6) is 0 Å². The number of fused-ring (bicyclic) bond motifs is 1. The van der Waals surface area contributed by atoms with Crippen molar-refractivity contribution in [2.24, 2.45) is 7.05 Å². The molecule has 0 bridgehead atoms. The van der Waals surface area contributed by atoms with E-state index in [4.69, 9.17) is 0 Å². The highest BCUT2D eigenvalue weighted by Gasteiger charge is 2.29. The Morgan fingerprint density at radius 3 is 2.95 bits per heavy atom. The van der Waals surface area contributed by atoms with Gasteiger partial charge in [0.1, 0.15) is 0 Å². The monoisotopic (exact) mass is 287 g/mol. The lowest BCUT2D eigenvalue weighted by Gasteiger charge is -2.23. The Bertz CT molecular complexity index is 606. The van der Waals surface area contributed by atoms with Gasteiger partial charge in [-0.25, -0.2) is 0 Å². The largest absolute Gasteiger partial charge is 0.316 e. The van der Waals surface area contributed by atoms with Gasteiger partial charge >= 0.3 is 0 Å². The molecule has 0 radical (unpaired) electrons. The fourth-order valence-corrected chi connectivity index (χ4v) is 4.38. The summed E-state index contributed by atoms with van der Waals surface area (Å²) >= 11 is 1.98. The lowest BCUT2D eigenvalue weighted by atomic mass is 9.90. The molecule has 0 saturated heterocycles. The maximum absolute atomic E-state index is 4.45. The van der Waals surface area contributed by atoms with Gasteiger partial charge in [0.15, 0.2) is 0 Å². The van der Waals surface area contributed by atoms with Gasteiger partial charge in [-0.05, 0) is 31.7 Å². The maximum Gasteiger partial charge on any atom is 0.0596 e. The van der Waals surface area contributed by atoms with Crippen molar-refractivity contribution in [2.75, 3.05) is 12.8 Å². The third-order valence-electron chi connectivity index (χ3n) is 4.12. The summed E-state index contributed by atoms with van der Waals surface area (Å²) in [5.41, 5.74) is 3.89. The molecule has 2 heterocycles. The summed E-state index contributed by atoms with van der Waals surface area (Å²) in [6.07, 6.45) is 1.02. The number of rotatable bonds is 4. The second kappa shape index (κ2) is 5.62. The average molecular weight is 287 g/mol. The number of hydrogen-bond acceptors (Lipinski definition) is 3. The highest BCUT2D eigenvalue weighted by Crippen LogP contribution is 2.41. The number of nitrogens with zero attached hydrogens (tertiary/aromatic N) is 2. The van der Waals surface area contributed by atoms with E-state index in [1.165, 1.54) is 21.9 Å². The molecule has 0 fully saturated rings. The zero-order chi connectivity index (χ0) is 14.1. The molecule has 0 aliphatic carbocycles. The van der Waals surface area contributed by atoms with Crippen LogP contribution in [-0.2, 0) is 13.5 Å². The van der Waals surface area contributed by atoms with Crippen LogP contribution in [0.2, 0.25) is 0 Å². The summed E-state index contributed by atoms with van der Waals surface area (Å²) in [6.45, 7) is 2.05. The Labute approximate surface area is 124 Å². The summed E-state index contributed by atoms with van der Waals surface area (Å²) < 4.78 is 2.01. The van der Waals surface area contributed by atoms with Crippen LogP contribution in [0, 0.1) is 6.92 Å². The Balaban J connectivity index is 1.83. The molecule has 1 aliphatic heterocycles. The predicted octanol–water partition coefficient (Wildman–Crippen LogP) is 2.75. The van der Waals surface area contributed by atoms with Crippen LogP contribution < -0.4 is 5.32 Å². The van der Waals surface area contributed by atoms with E-state index in [0.29, 0.717) is 12.0 Å². The van der Waals surface area contributed by atoms with Crippen LogP contribution in [0.15, 0.2) is 35.2 Å². The number of nitrogens with one attached hydrogen (secondary N) is 1. The van der Waals surface area contributed by atoms with Crippen molar-refractivity contribution in [1.29, 1.82) is 0 Å². The van der Waals surface area contributed by atoms with Gasteiger partial charge in [0.05, 0.1) is 5.69 Å². The van der Waals surface area contributed by atoms with Crippen molar-refractivity contribution in [3.63, 3.8) is 0 Å². The van der Waals surface area contributed by atoms with E-state index in [9.17, 15) is 0 Å². The third kappa shape index (κ3) is 2.50. The molecule has 0 spiro atoms. The fourth-order valence-electron chi connectivity index (χ4n) is 3.05. The van der Waals surface area contributed by atoms with Gasteiger partial charge in [-0.15, -0.1) is 11.8 Å². The van der Waals surface area contributed by atoms with E-state index >= 15 is 0 Å². The van der Waals surface area contributed by atoms with Crippen LogP contribution in [0.4, 0.5) is 0 Å².